The highest BCUT2D eigenvalue weighted by Gasteiger charge is 2.33. The maximum atomic E-state index is 13.7. The van der Waals surface area contributed by atoms with Crippen molar-refractivity contribution in [1.29, 1.82) is 0 Å². The zero-order chi connectivity index (χ0) is 37.7. The Bertz CT molecular complexity index is 1980. The summed E-state index contributed by atoms with van der Waals surface area (Å²) in [5.74, 6) is -3.32. The summed E-state index contributed by atoms with van der Waals surface area (Å²) >= 11 is 6.17. The molecule has 2 aliphatic rings. The summed E-state index contributed by atoms with van der Waals surface area (Å²) in [6, 6.07) is 16.8. The van der Waals surface area contributed by atoms with Crippen LogP contribution < -0.4 is 20.9 Å². The van der Waals surface area contributed by atoms with E-state index in [1.807, 2.05) is 0 Å². The molecule has 3 heterocycles. The van der Waals surface area contributed by atoms with Crippen molar-refractivity contribution in [2.75, 3.05) is 48.4 Å². The first-order chi connectivity index (χ1) is 25.3. The van der Waals surface area contributed by atoms with E-state index in [1.54, 1.807) is 62.1 Å². The minimum absolute atomic E-state index is 0.00241. The van der Waals surface area contributed by atoms with Crippen LogP contribution in [-0.4, -0.2) is 105 Å². The van der Waals surface area contributed by atoms with Crippen LogP contribution in [0.5, 0.6) is 0 Å². The Morgan fingerprint density at radius 2 is 1.70 bits per heavy atom. The van der Waals surface area contributed by atoms with Gasteiger partial charge in [-0.15, -0.1) is 5.10 Å². The van der Waals surface area contributed by atoms with Gasteiger partial charge in [-0.1, -0.05) is 23.7 Å². The first-order valence-electron chi connectivity index (χ1n) is 16.8. The Morgan fingerprint density at radius 1 is 0.962 bits per heavy atom. The molecule has 4 amide bonds. The summed E-state index contributed by atoms with van der Waals surface area (Å²) in [6.07, 6.45) is 1.31. The summed E-state index contributed by atoms with van der Waals surface area (Å²) in [5.41, 5.74) is 1.82. The first kappa shape index (κ1) is 37.1. The number of hydrogen-bond donors (Lipinski definition) is 3. The minimum Gasteiger partial charge on any atom is -0.456 e. The second kappa shape index (κ2) is 15.9. The highest BCUT2D eigenvalue weighted by Crippen LogP contribution is 2.25. The van der Waals surface area contributed by atoms with Gasteiger partial charge >= 0.3 is 17.8 Å². The number of piperazine rings is 1. The topological polar surface area (TPSA) is 190 Å². The number of amides is 4. The monoisotopic (exact) mass is 743 g/mol. The molecule has 16 nitrogen and oxygen atoms in total. The number of nitrogens with zero attached hydrogens (tertiary/aromatic N) is 6. The number of anilines is 3. The van der Waals surface area contributed by atoms with Gasteiger partial charge in [-0.25, -0.2) is 4.79 Å². The fourth-order valence-corrected chi connectivity index (χ4v) is 5.88. The summed E-state index contributed by atoms with van der Waals surface area (Å²) < 4.78 is 12.0. The van der Waals surface area contributed by atoms with E-state index in [2.05, 4.69) is 36.4 Å². The van der Waals surface area contributed by atoms with Gasteiger partial charge in [0.2, 0.25) is 11.8 Å². The predicted octanol–water partition coefficient (Wildman–Crippen LogP) is 2.62. The first-order valence-corrected chi connectivity index (χ1v) is 17.2. The number of aromatic nitrogens is 4. The number of carbonyl (C=O) groups is 5. The van der Waals surface area contributed by atoms with E-state index in [9.17, 15) is 24.0 Å². The molecule has 6 rings (SSSR count). The molecule has 2 saturated heterocycles. The molecule has 0 saturated carbocycles. The van der Waals surface area contributed by atoms with E-state index in [4.69, 9.17) is 21.1 Å². The van der Waals surface area contributed by atoms with Crippen LogP contribution in [-0.2, 0) is 35.1 Å². The van der Waals surface area contributed by atoms with Crippen LogP contribution in [0.15, 0.2) is 73.1 Å². The lowest BCUT2D eigenvalue weighted by molar-refractivity contribution is -0.137. The molecule has 2 aliphatic heterocycles. The zero-order valence-corrected chi connectivity index (χ0v) is 30.0. The second-order valence-corrected chi connectivity index (χ2v) is 14.0. The lowest BCUT2D eigenvalue weighted by Gasteiger charge is -2.42. The lowest BCUT2D eigenvalue weighted by atomic mass is 10.0. The molecule has 276 valence electrons. The Morgan fingerprint density at radius 3 is 2.32 bits per heavy atom. The normalized spacial score (nSPS) is 15.6. The molecular weight excluding hydrogens is 706 g/mol. The van der Waals surface area contributed by atoms with Gasteiger partial charge in [0.1, 0.15) is 18.0 Å². The molecule has 53 heavy (non-hydrogen) atoms. The molecule has 3 N–H and O–H groups in total. The fraction of sp³-hybridized carbons (Fsp3) is 0.333. The maximum absolute atomic E-state index is 13.7. The van der Waals surface area contributed by atoms with E-state index < -0.39 is 35.3 Å². The predicted molar refractivity (Wildman–Crippen MR) is 194 cm³/mol. The minimum atomic E-state index is -1.22. The molecule has 17 heteroatoms. The van der Waals surface area contributed by atoms with Gasteiger partial charge in [-0.3, -0.25) is 24.1 Å². The van der Waals surface area contributed by atoms with Gasteiger partial charge in [0.15, 0.2) is 0 Å². The number of carbonyl (C=O) groups excluding carboxylic acids is 5. The SMILES string of the molecule is CC(C)(C)OC(=O)c1ccc(NC(=O)[C@H](Cc2ccc(N3CCN(C4COC4)CC3=O)cc2)NC(=O)C(=O)Nc2cc(Cl)ccc2-n2cnnn2)cc1. The standard InChI is InChI=1S/C36H38ClN9O7/c1-36(2,3)53-35(51)23-6-9-25(10-7-23)39-32(48)29(41-34(50)33(49)40-28-17-24(37)8-13-30(28)46-21-38-42-43-46)16-22-4-11-26(12-5-22)45-15-14-44(18-31(45)47)27-19-52-20-27/h4-13,17,21,27,29H,14-16,18-20H2,1-3H3,(H,39,48)(H,40,49)(H,41,50)/t29-/m0/s1. The van der Waals surface area contributed by atoms with Crippen LogP contribution in [0.1, 0.15) is 36.7 Å². The van der Waals surface area contributed by atoms with Gasteiger partial charge in [0.25, 0.3) is 0 Å². The average Bonchev–Trinajstić information content (AvgIpc) is 3.62. The third-order valence-electron chi connectivity index (χ3n) is 8.49. The molecule has 0 aliphatic carbocycles. The van der Waals surface area contributed by atoms with Crippen molar-refractivity contribution >= 4 is 58.3 Å². The van der Waals surface area contributed by atoms with Crippen molar-refractivity contribution < 1.29 is 33.4 Å². The Kier molecular flexibility index (Phi) is 11.1. The maximum Gasteiger partial charge on any atom is 0.338 e. The second-order valence-electron chi connectivity index (χ2n) is 13.5. The van der Waals surface area contributed by atoms with E-state index in [1.165, 1.54) is 41.3 Å². The van der Waals surface area contributed by atoms with E-state index in [-0.39, 0.29) is 29.1 Å². The van der Waals surface area contributed by atoms with E-state index in [0.29, 0.717) is 54.5 Å². The number of benzene rings is 3. The van der Waals surface area contributed by atoms with Gasteiger partial charge in [0, 0.05) is 35.9 Å². The van der Waals surface area contributed by atoms with Gasteiger partial charge in [-0.2, -0.15) is 4.68 Å². The Hall–Kier alpha value is -5.71. The van der Waals surface area contributed by atoms with E-state index >= 15 is 0 Å². The Balaban J connectivity index is 1.17. The van der Waals surface area contributed by atoms with Gasteiger partial charge < -0.3 is 30.3 Å². The number of ether oxygens (including phenoxy) is 2. The van der Waals surface area contributed by atoms with Crippen molar-refractivity contribution in [3.8, 4) is 5.69 Å². The summed E-state index contributed by atoms with van der Waals surface area (Å²) in [4.78, 5) is 69.5. The summed E-state index contributed by atoms with van der Waals surface area (Å²) in [5, 5.41) is 19.1. The van der Waals surface area contributed by atoms with Crippen LogP contribution in [0, 0.1) is 0 Å². The fourth-order valence-electron chi connectivity index (χ4n) is 5.71. The molecule has 0 radical (unpaired) electrons. The van der Waals surface area contributed by atoms with Crippen LogP contribution in [0.25, 0.3) is 5.69 Å². The van der Waals surface area contributed by atoms with Crippen LogP contribution >= 0.6 is 11.6 Å². The average molecular weight is 744 g/mol. The van der Waals surface area contributed by atoms with Crippen LogP contribution in [0.3, 0.4) is 0 Å². The zero-order valence-electron chi connectivity index (χ0n) is 29.2. The summed E-state index contributed by atoms with van der Waals surface area (Å²) in [6.45, 7) is 8.10. The molecule has 1 atom stereocenters. The van der Waals surface area contributed by atoms with Gasteiger partial charge in [0.05, 0.1) is 42.7 Å². The summed E-state index contributed by atoms with van der Waals surface area (Å²) in [7, 11) is 0. The largest absolute Gasteiger partial charge is 0.456 e. The van der Waals surface area contributed by atoms with Gasteiger partial charge in [-0.05, 0) is 91.4 Å². The van der Waals surface area contributed by atoms with Crippen molar-refractivity contribution in [2.45, 2.75) is 44.9 Å². The van der Waals surface area contributed by atoms with E-state index in [0.717, 1.165) is 6.54 Å². The number of tetrazole rings is 1. The third kappa shape index (κ3) is 9.40. The molecule has 1 aromatic heterocycles. The highest BCUT2D eigenvalue weighted by molar-refractivity contribution is 6.40. The van der Waals surface area contributed by atoms with Crippen LogP contribution in [0.4, 0.5) is 17.1 Å². The molecule has 3 aromatic carbocycles. The van der Waals surface area contributed by atoms with Crippen molar-refractivity contribution in [3.63, 3.8) is 0 Å². The molecular formula is C36H38ClN9O7. The lowest BCUT2D eigenvalue weighted by Crippen LogP contribution is -2.58. The Labute approximate surface area is 309 Å². The number of rotatable bonds is 10. The van der Waals surface area contributed by atoms with Crippen molar-refractivity contribution in [1.82, 2.24) is 30.4 Å². The highest BCUT2D eigenvalue weighted by atomic mass is 35.5. The van der Waals surface area contributed by atoms with Crippen molar-refractivity contribution in [3.05, 3.63) is 89.2 Å². The molecule has 0 unspecified atom stereocenters. The van der Waals surface area contributed by atoms with Crippen LogP contribution in [0.2, 0.25) is 5.02 Å². The van der Waals surface area contributed by atoms with Crippen molar-refractivity contribution in [2.24, 2.45) is 0 Å². The molecule has 2 fully saturated rings. The quantitative estimate of drug-likeness (QED) is 0.160. The molecule has 0 spiro atoms. The number of hydrogen-bond acceptors (Lipinski definition) is 11. The third-order valence-corrected chi connectivity index (χ3v) is 8.73. The molecule has 0 bridgehead atoms. The number of halogens is 1. The molecule has 4 aromatic rings. The smallest absolute Gasteiger partial charge is 0.338 e. The number of esters is 1. The number of nitrogens with one attached hydrogen (secondary N) is 3.